The molecule has 4 heteroatoms. The Bertz CT molecular complexity index is 565. The molecule has 0 atom stereocenters. The van der Waals surface area contributed by atoms with Crippen molar-refractivity contribution in [1.29, 1.82) is 0 Å². The summed E-state index contributed by atoms with van der Waals surface area (Å²) in [7, 11) is 0. The Kier molecular flexibility index (Phi) is 4.03. The fourth-order valence-electron chi connectivity index (χ4n) is 1.65. The summed E-state index contributed by atoms with van der Waals surface area (Å²) < 4.78 is 0. The van der Waals surface area contributed by atoms with Crippen LogP contribution < -0.4 is 10.6 Å². The van der Waals surface area contributed by atoms with E-state index in [9.17, 15) is 9.90 Å². The number of hydrogen-bond donors (Lipinski definition) is 3. The zero-order chi connectivity index (χ0) is 13.7. The van der Waals surface area contributed by atoms with Gasteiger partial charge >= 0.3 is 6.03 Å². The molecular weight excluding hydrogens is 240 g/mol. The van der Waals surface area contributed by atoms with Crippen LogP contribution in [0.25, 0.3) is 0 Å². The first-order valence-corrected chi connectivity index (χ1v) is 6.03. The van der Waals surface area contributed by atoms with Crippen molar-refractivity contribution < 1.29 is 9.90 Å². The van der Waals surface area contributed by atoms with Crippen LogP contribution in [0.4, 0.5) is 10.5 Å². The quantitative estimate of drug-likeness (QED) is 0.790. The van der Waals surface area contributed by atoms with Crippen molar-refractivity contribution in [3.8, 4) is 5.75 Å². The Balaban J connectivity index is 1.88. The van der Waals surface area contributed by atoms with Crippen LogP contribution in [0.2, 0.25) is 0 Å². The molecule has 0 aliphatic carbocycles. The van der Waals surface area contributed by atoms with Crippen molar-refractivity contribution in [2.24, 2.45) is 0 Å². The van der Waals surface area contributed by atoms with Gasteiger partial charge in [-0.3, -0.25) is 0 Å². The van der Waals surface area contributed by atoms with Crippen molar-refractivity contribution in [2.45, 2.75) is 13.5 Å². The number of anilines is 1. The lowest BCUT2D eigenvalue weighted by atomic mass is 10.2. The number of hydrogen-bond acceptors (Lipinski definition) is 2. The normalized spacial score (nSPS) is 9.95. The number of amides is 2. The largest absolute Gasteiger partial charge is 0.508 e. The van der Waals surface area contributed by atoms with Crippen LogP contribution in [0.5, 0.6) is 5.75 Å². The molecule has 3 N–H and O–H groups in total. The van der Waals surface area contributed by atoms with E-state index in [4.69, 9.17) is 0 Å². The van der Waals surface area contributed by atoms with Gasteiger partial charge in [0.15, 0.2) is 0 Å². The second-order valence-corrected chi connectivity index (χ2v) is 4.30. The highest BCUT2D eigenvalue weighted by Gasteiger charge is 2.03. The third-order valence-corrected chi connectivity index (χ3v) is 2.74. The van der Waals surface area contributed by atoms with Gasteiger partial charge in [0.2, 0.25) is 0 Å². The minimum absolute atomic E-state index is 0.179. The molecule has 19 heavy (non-hydrogen) atoms. The number of rotatable bonds is 3. The van der Waals surface area contributed by atoms with Gasteiger partial charge in [0.05, 0.1) is 0 Å². The summed E-state index contributed by atoms with van der Waals surface area (Å²) in [4.78, 5) is 11.7. The van der Waals surface area contributed by atoms with Gasteiger partial charge in [-0.1, -0.05) is 35.9 Å². The number of carbonyl (C=O) groups is 1. The average Bonchev–Trinajstić information content (AvgIpc) is 2.40. The number of aryl methyl sites for hydroxylation is 1. The topological polar surface area (TPSA) is 61.4 Å². The van der Waals surface area contributed by atoms with Crippen LogP contribution in [-0.2, 0) is 6.54 Å². The SMILES string of the molecule is Cc1ccc(NC(=O)NCc2ccccc2O)cc1. The van der Waals surface area contributed by atoms with Crippen molar-refractivity contribution in [3.05, 3.63) is 59.7 Å². The number of phenolic OH excluding ortho intramolecular Hbond substituents is 1. The predicted octanol–water partition coefficient (Wildman–Crippen LogP) is 3.02. The second-order valence-electron chi connectivity index (χ2n) is 4.30. The molecule has 0 bridgehead atoms. The van der Waals surface area contributed by atoms with E-state index in [2.05, 4.69) is 10.6 Å². The van der Waals surface area contributed by atoms with E-state index in [0.29, 0.717) is 5.56 Å². The number of phenols is 1. The molecule has 0 aliphatic heterocycles. The summed E-state index contributed by atoms with van der Waals surface area (Å²) in [5.74, 6) is 0.179. The average molecular weight is 256 g/mol. The number of benzene rings is 2. The second kappa shape index (κ2) is 5.91. The molecule has 2 aromatic rings. The first kappa shape index (κ1) is 13.0. The van der Waals surface area contributed by atoms with Gasteiger partial charge in [0.25, 0.3) is 0 Å². The lowest BCUT2D eigenvalue weighted by Crippen LogP contribution is -2.28. The smallest absolute Gasteiger partial charge is 0.319 e. The molecule has 0 aliphatic rings. The van der Waals surface area contributed by atoms with E-state index in [1.807, 2.05) is 37.3 Å². The lowest BCUT2D eigenvalue weighted by molar-refractivity contribution is 0.251. The molecule has 2 amide bonds. The van der Waals surface area contributed by atoms with Crippen LogP contribution >= 0.6 is 0 Å². The zero-order valence-electron chi connectivity index (χ0n) is 10.7. The van der Waals surface area contributed by atoms with Crippen molar-refractivity contribution in [2.75, 3.05) is 5.32 Å². The van der Waals surface area contributed by atoms with E-state index in [1.165, 1.54) is 0 Å². The first-order chi connectivity index (χ1) is 9.15. The van der Waals surface area contributed by atoms with Gasteiger partial charge in [-0.05, 0) is 25.1 Å². The molecule has 2 rings (SSSR count). The van der Waals surface area contributed by atoms with Crippen LogP contribution in [0.3, 0.4) is 0 Å². The molecule has 0 saturated heterocycles. The van der Waals surface area contributed by atoms with Crippen LogP contribution in [-0.4, -0.2) is 11.1 Å². The summed E-state index contributed by atoms with van der Waals surface area (Å²) in [5, 5.41) is 15.0. The Morgan fingerprint density at radius 3 is 2.47 bits per heavy atom. The molecule has 0 heterocycles. The fourth-order valence-corrected chi connectivity index (χ4v) is 1.65. The minimum atomic E-state index is -0.299. The maximum atomic E-state index is 11.7. The third-order valence-electron chi connectivity index (χ3n) is 2.74. The highest BCUT2D eigenvalue weighted by molar-refractivity contribution is 5.89. The van der Waals surface area contributed by atoms with Crippen LogP contribution in [0.1, 0.15) is 11.1 Å². The maximum Gasteiger partial charge on any atom is 0.319 e. The molecule has 0 aromatic heterocycles. The summed E-state index contributed by atoms with van der Waals surface area (Å²) >= 11 is 0. The molecule has 0 radical (unpaired) electrons. The van der Waals surface area contributed by atoms with Gasteiger partial charge in [-0.2, -0.15) is 0 Å². The van der Waals surface area contributed by atoms with Gasteiger partial charge in [0, 0.05) is 17.8 Å². The van der Waals surface area contributed by atoms with Crippen molar-refractivity contribution in [1.82, 2.24) is 5.32 Å². The molecule has 2 aromatic carbocycles. The molecule has 4 nitrogen and oxygen atoms in total. The third kappa shape index (κ3) is 3.74. The maximum absolute atomic E-state index is 11.7. The predicted molar refractivity (Wildman–Crippen MR) is 75.1 cm³/mol. The van der Waals surface area contributed by atoms with E-state index < -0.39 is 0 Å². The van der Waals surface area contributed by atoms with E-state index in [0.717, 1.165) is 11.3 Å². The molecule has 98 valence electrons. The van der Waals surface area contributed by atoms with Gasteiger partial charge in [-0.25, -0.2) is 4.79 Å². The number of carbonyl (C=O) groups excluding carboxylic acids is 1. The summed E-state index contributed by atoms with van der Waals surface area (Å²) in [6.07, 6.45) is 0. The number of urea groups is 1. The van der Waals surface area contributed by atoms with E-state index in [-0.39, 0.29) is 18.3 Å². The highest BCUT2D eigenvalue weighted by atomic mass is 16.3. The van der Waals surface area contributed by atoms with Gasteiger partial charge in [-0.15, -0.1) is 0 Å². The first-order valence-electron chi connectivity index (χ1n) is 6.03. The molecule has 0 unspecified atom stereocenters. The Labute approximate surface area is 112 Å². The Hall–Kier alpha value is -2.49. The summed E-state index contributed by atoms with van der Waals surface area (Å²) in [6, 6.07) is 14.2. The molecular formula is C15H16N2O2. The number of nitrogens with one attached hydrogen (secondary N) is 2. The molecule has 0 spiro atoms. The Morgan fingerprint density at radius 1 is 1.11 bits per heavy atom. The summed E-state index contributed by atoms with van der Waals surface area (Å²) in [6.45, 7) is 2.27. The highest BCUT2D eigenvalue weighted by Crippen LogP contribution is 2.15. The van der Waals surface area contributed by atoms with Crippen molar-refractivity contribution in [3.63, 3.8) is 0 Å². The molecule has 0 saturated carbocycles. The van der Waals surface area contributed by atoms with Gasteiger partial charge < -0.3 is 15.7 Å². The summed E-state index contributed by atoms with van der Waals surface area (Å²) in [5.41, 5.74) is 2.56. The molecule has 0 fully saturated rings. The standard InChI is InChI=1S/C15H16N2O2/c1-11-6-8-13(9-7-11)17-15(19)16-10-12-4-2-3-5-14(12)18/h2-9,18H,10H2,1H3,(H2,16,17,19). The van der Waals surface area contributed by atoms with Crippen LogP contribution in [0, 0.1) is 6.92 Å². The van der Waals surface area contributed by atoms with Crippen LogP contribution in [0.15, 0.2) is 48.5 Å². The van der Waals surface area contributed by atoms with E-state index >= 15 is 0 Å². The van der Waals surface area contributed by atoms with Gasteiger partial charge in [0.1, 0.15) is 5.75 Å². The van der Waals surface area contributed by atoms with E-state index in [1.54, 1.807) is 18.2 Å². The monoisotopic (exact) mass is 256 g/mol. The number of aromatic hydroxyl groups is 1. The zero-order valence-corrected chi connectivity index (χ0v) is 10.7. The lowest BCUT2D eigenvalue weighted by Gasteiger charge is -2.08. The fraction of sp³-hybridized carbons (Fsp3) is 0.133. The number of para-hydroxylation sites is 1. The Morgan fingerprint density at radius 2 is 1.79 bits per heavy atom. The van der Waals surface area contributed by atoms with Crippen molar-refractivity contribution >= 4 is 11.7 Å². The minimum Gasteiger partial charge on any atom is -0.508 e.